The first-order valence-corrected chi connectivity index (χ1v) is 8.99. The zero-order chi connectivity index (χ0) is 14.9. The molecular formula is C18H36BiO2. The number of carboxylic acids is 1. The van der Waals surface area contributed by atoms with Gasteiger partial charge in [0.1, 0.15) is 0 Å². The average molecular weight is 493 g/mol. The van der Waals surface area contributed by atoms with E-state index in [0.717, 1.165) is 12.8 Å². The van der Waals surface area contributed by atoms with Crippen molar-refractivity contribution in [1.29, 1.82) is 0 Å². The number of hydrogen-bond acceptors (Lipinski definition) is 1. The van der Waals surface area contributed by atoms with Crippen molar-refractivity contribution in [1.82, 2.24) is 0 Å². The predicted octanol–water partition coefficient (Wildman–Crippen LogP) is 5.95. The van der Waals surface area contributed by atoms with Crippen molar-refractivity contribution >= 4 is 32.2 Å². The molecule has 0 aromatic carbocycles. The molecule has 0 rings (SSSR count). The first-order chi connectivity index (χ1) is 9.77. The maximum absolute atomic E-state index is 10.3. The second-order valence-electron chi connectivity index (χ2n) is 6.09. The first-order valence-electron chi connectivity index (χ1n) is 8.99. The van der Waals surface area contributed by atoms with Crippen LogP contribution in [0.25, 0.3) is 0 Å². The Morgan fingerprint density at radius 2 is 0.905 bits per heavy atom. The molecule has 125 valence electrons. The van der Waals surface area contributed by atoms with E-state index in [1.807, 2.05) is 0 Å². The summed E-state index contributed by atoms with van der Waals surface area (Å²) in [4.78, 5) is 10.3. The topological polar surface area (TPSA) is 37.3 Å². The molecule has 0 saturated carbocycles. The second kappa shape index (κ2) is 20.4. The van der Waals surface area contributed by atoms with Crippen molar-refractivity contribution in [3.8, 4) is 0 Å². The molecule has 21 heavy (non-hydrogen) atoms. The fourth-order valence-corrected chi connectivity index (χ4v) is 2.65. The Labute approximate surface area is 151 Å². The summed E-state index contributed by atoms with van der Waals surface area (Å²) in [7, 11) is 0. The minimum Gasteiger partial charge on any atom is -0.481 e. The molecule has 0 aromatic heterocycles. The summed E-state index contributed by atoms with van der Waals surface area (Å²) in [5.74, 6) is -0.653. The van der Waals surface area contributed by atoms with Crippen LogP contribution in [0.15, 0.2) is 0 Å². The van der Waals surface area contributed by atoms with Gasteiger partial charge in [-0.2, -0.15) is 0 Å². The van der Waals surface area contributed by atoms with Gasteiger partial charge in [-0.3, -0.25) is 4.79 Å². The van der Waals surface area contributed by atoms with Crippen molar-refractivity contribution in [2.75, 3.05) is 0 Å². The van der Waals surface area contributed by atoms with Crippen LogP contribution in [0.2, 0.25) is 0 Å². The van der Waals surface area contributed by atoms with Gasteiger partial charge in [0.15, 0.2) is 0 Å². The maximum Gasteiger partial charge on any atom is 0.303 e. The van der Waals surface area contributed by atoms with Crippen LogP contribution in [0.5, 0.6) is 0 Å². The molecule has 0 atom stereocenters. The van der Waals surface area contributed by atoms with Gasteiger partial charge in [-0.1, -0.05) is 96.8 Å². The number of hydrogen-bond donors (Lipinski definition) is 1. The summed E-state index contributed by atoms with van der Waals surface area (Å²) >= 11 is 0. The van der Waals surface area contributed by atoms with Gasteiger partial charge in [-0.15, -0.1) is 0 Å². The molecule has 0 aromatic rings. The summed E-state index contributed by atoms with van der Waals surface area (Å²) in [5.41, 5.74) is 0. The van der Waals surface area contributed by atoms with Crippen LogP contribution in [0.4, 0.5) is 0 Å². The van der Waals surface area contributed by atoms with Crippen LogP contribution in [0.1, 0.15) is 110 Å². The van der Waals surface area contributed by atoms with E-state index in [2.05, 4.69) is 6.92 Å². The van der Waals surface area contributed by atoms with Crippen LogP contribution in [-0.2, 0) is 4.79 Å². The van der Waals surface area contributed by atoms with Gasteiger partial charge in [-0.05, 0) is 6.42 Å². The number of carbonyl (C=O) groups is 1. The molecule has 0 saturated heterocycles. The van der Waals surface area contributed by atoms with Gasteiger partial charge in [0.2, 0.25) is 0 Å². The minimum absolute atomic E-state index is 0. The van der Waals surface area contributed by atoms with E-state index in [9.17, 15) is 4.79 Å². The third kappa shape index (κ3) is 22.8. The van der Waals surface area contributed by atoms with Crippen molar-refractivity contribution in [3.05, 3.63) is 0 Å². The molecule has 0 amide bonds. The van der Waals surface area contributed by atoms with Crippen molar-refractivity contribution < 1.29 is 9.90 Å². The summed E-state index contributed by atoms with van der Waals surface area (Å²) in [6.45, 7) is 2.27. The Kier molecular flexibility index (Phi) is 22.9. The average Bonchev–Trinajstić information content (AvgIpc) is 2.43. The molecule has 0 bridgehead atoms. The molecule has 0 aliphatic heterocycles. The van der Waals surface area contributed by atoms with Crippen LogP contribution < -0.4 is 0 Å². The maximum atomic E-state index is 10.3. The summed E-state index contributed by atoms with van der Waals surface area (Å²) in [5, 5.41) is 8.52. The quantitative estimate of drug-likeness (QED) is 0.213. The number of carboxylic acid groups (broad SMARTS) is 1. The van der Waals surface area contributed by atoms with E-state index in [0.29, 0.717) is 6.42 Å². The monoisotopic (exact) mass is 493 g/mol. The fraction of sp³-hybridized carbons (Fsp3) is 0.944. The van der Waals surface area contributed by atoms with Gasteiger partial charge in [-0.25, -0.2) is 0 Å². The van der Waals surface area contributed by atoms with Crippen molar-refractivity contribution in [2.45, 2.75) is 110 Å². The molecule has 2 nitrogen and oxygen atoms in total. The molecule has 1 N–H and O–H groups in total. The number of unbranched alkanes of at least 4 members (excludes halogenated alkanes) is 14. The van der Waals surface area contributed by atoms with E-state index in [4.69, 9.17) is 5.11 Å². The van der Waals surface area contributed by atoms with Crippen LogP contribution in [0.3, 0.4) is 0 Å². The summed E-state index contributed by atoms with van der Waals surface area (Å²) in [6, 6.07) is 0. The van der Waals surface area contributed by atoms with Gasteiger partial charge in [0.05, 0.1) is 0 Å². The fourth-order valence-electron chi connectivity index (χ4n) is 2.65. The van der Waals surface area contributed by atoms with E-state index in [1.54, 1.807) is 0 Å². The zero-order valence-corrected chi connectivity index (χ0v) is 17.6. The third-order valence-electron chi connectivity index (χ3n) is 3.99. The first kappa shape index (κ1) is 23.6. The number of rotatable bonds is 16. The van der Waals surface area contributed by atoms with E-state index in [-0.39, 0.29) is 26.2 Å². The van der Waals surface area contributed by atoms with Crippen molar-refractivity contribution in [3.63, 3.8) is 0 Å². The van der Waals surface area contributed by atoms with Crippen LogP contribution >= 0.6 is 0 Å². The second-order valence-corrected chi connectivity index (χ2v) is 6.09. The summed E-state index contributed by atoms with van der Waals surface area (Å²) in [6.07, 6.45) is 20.2. The van der Waals surface area contributed by atoms with E-state index in [1.165, 1.54) is 83.5 Å². The Morgan fingerprint density at radius 3 is 1.19 bits per heavy atom. The molecule has 0 fully saturated rings. The number of aliphatic carboxylic acids is 1. The molecule has 0 aliphatic rings. The smallest absolute Gasteiger partial charge is 0.303 e. The normalized spacial score (nSPS) is 10.3. The van der Waals surface area contributed by atoms with E-state index < -0.39 is 5.97 Å². The van der Waals surface area contributed by atoms with Gasteiger partial charge >= 0.3 is 5.97 Å². The summed E-state index contributed by atoms with van der Waals surface area (Å²) < 4.78 is 0. The molecule has 0 aliphatic carbocycles. The Hall–Kier alpha value is 0.353. The molecular weight excluding hydrogens is 457 g/mol. The van der Waals surface area contributed by atoms with Crippen LogP contribution in [-0.4, -0.2) is 37.3 Å². The standard InChI is InChI=1S/C18H36O2.Bi/c1-2-3-4-5-6-7-8-9-10-11-12-13-14-15-16-17-18(19)20;/h2-17H2,1H3,(H,19,20);. The zero-order valence-electron chi connectivity index (χ0n) is 14.1. The van der Waals surface area contributed by atoms with Gasteiger partial charge < -0.3 is 5.11 Å². The van der Waals surface area contributed by atoms with Crippen LogP contribution in [0, 0.1) is 0 Å². The third-order valence-corrected chi connectivity index (χ3v) is 3.99. The molecule has 0 heterocycles. The predicted molar refractivity (Wildman–Crippen MR) is 92.9 cm³/mol. The Morgan fingerprint density at radius 1 is 0.619 bits per heavy atom. The largest absolute Gasteiger partial charge is 0.481 e. The molecule has 0 spiro atoms. The van der Waals surface area contributed by atoms with Crippen molar-refractivity contribution in [2.24, 2.45) is 0 Å². The molecule has 3 radical (unpaired) electrons. The van der Waals surface area contributed by atoms with Gasteiger partial charge in [0.25, 0.3) is 0 Å². The van der Waals surface area contributed by atoms with E-state index >= 15 is 0 Å². The SMILES string of the molecule is CCCCCCCCCCCCCCCCCC(=O)O.[Bi]. The molecule has 0 unspecified atom stereocenters. The van der Waals surface area contributed by atoms with Gasteiger partial charge in [0, 0.05) is 32.6 Å². The molecule has 3 heteroatoms. The Bertz CT molecular complexity index is 207. The Balaban J connectivity index is 0. The minimum atomic E-state index is -0.653.